The monoisotopic (exact) mass is 296 g/mol. The van der Waals surface area contributed by atoms with Gasteiger partial charge in [-0.25, -0.2) is 4.98 Å². The molecule has 2 aromatic rings. The fourth-order valence-corrected chi connectivity index (χ4v) is 3.18. The molecule has 0 aliphatic rings. The quantitative estimate of drug-likeness (QED) is 0.918. The van der Waals surface area contributed by atoms with Crippen molar-refractivity contribution in [2.45, 2.75) is 26.0 Å². The maximum atomic E-state index is 5.99. The van der Waals surface area contributed by atoms with Gasteiger partial charge in [-0.1, -0.05) is 23.7 Å². The second-order valence-electron chi connectivity index (χ2n) is 4.45. The van der Waals surface area contributed by atoms with Crippen molar-refractivity contribution in [1.82, 2.24) is 4.98 Å². The number of ether oxygens (including phenoxy) is 1. The maximum absolute atomic E-state index is 5.99. The van der Waals surface area contributed by atoms with Gasteiger partial charge in [-0.05, 0) is 24.6 Å². The largest absolute Gasteiger partial charge is 0.378 e. The Morgan fingerprint density at radius 3 is 2.89 bits per heavy atom. The fourth-order valence-electron chi connectivity index (χ4n) is 1.91. The Morgan fingerprint density at radius 2 is 2.26 bits per heavy atom. The molecule has 3 nitrogen and oxygen atoms in total. The van der Waals surface area contributed by atoms with Crippen molar-refractivity contribution in [1.29, 1.82) is 0 Å². The molecule has 1 aromatic heterocycles. The predicted molar refractivity (Wildman–Crippen MR) is 79.7 cm³/mol. The number of nitrogens with two attached hydrogens (primary N) is 1. The topological polar surface area (TPSA) is 48.1 Å². The van der Waals surface area contributed by atoms with E-state index in [1.54, 1.807) is 18.4 Å². The molecule has 0 radical (unpaired) electrons. The van der Waals surface area contributed by atoms with Gasteiger partial charge < -0.3 is 10.5 Å². The average Bonchev–Trinajstić information content (AvgIpc) is 2.73. The number of halogens is 1. The lowest BCUT2D eigenvalue weighted by molar-refractivity contribution is 0.181. The van der Waals surface area contributed by atoms with Crippen LogP contribution in [0.5, 0.6) is 0 Å². The molecule has 5 heteroatoms. The van der Waals surface area contributed by atoms with E-state index in [1.165, 1.54) is 0 Å². The van der Waals surface area contributed by atoms with Crippen LogP contribution in [0.2, 0.25) is 5.02 Å². The van der Waals surface area contributed by atoms with E-state index in [4.69, 9.17) is 22.1 Å². The van der Waals surface area contributed by atoms with Crippen LogP contribution in [0.25, 0.3) is 0 Å². The number of aromatic nitrogens is 1. The van der Waals surface area contributed by atoms with Crippen LogP contribution in [0.15, 0.2) is 24.3 Å². The predicted octanol–water partition coefficient (Wildman–Crippen LogP) is 3.55. The summed E-state index contributed by atoms with van der Waals surface area (Å²) in [6.45, 7) is 2.47. The Morgan fingerprint density at radius 1 is 1.47 bits per heavy atom. The molecule has 1 unspecified atom stereocenters. The Kier molecular flexibility index (Phi) is 4.93. The Balaban J connectivity index is 2.23. The molecule has 0 saturated carbocycles. The summed E-state index contributed by atoms with van der Waals surface area (Å²) in [5.74, 6) is 0. The standard InChI is InChI=1S/C14H17ClN2OS/c1-9(16)14-12(8-18-2)17-13(19-14)7-10-4-3-5-11(15)6-10/h3-6,9H,7-8,16H2,1-2H3. The number of benzene rings is 1. The van der Waals surface area contributed by atoms with Crippen LogP contribution < -0.4 is 5.73 Å². The number of thiazole rings is 1. The van der Waals surface area contributed by atoms with E-state index in [-0.39, 0.29) is 6.04 Å². The van der Waals surface area contributed by atoms with Crippen LogP contribution in [-0.2, 0) is 17.8 Å². The Bertz CT molecular complexity index is 554. The second kappa shape index (κ2) is 6.48. The average molecular weight is 297 g/mol. The minimum atomic E-state index is -0.0178. The first-order valence-corrected chi connectivity index (χ1v) is 7.27. The van der Waals surface area contributed by atoms with Crippen molar-refractivity contribution in [2.75, 3.05) is 7.11 Å². The Labute approximate surface area is 122 Å². The molecule has 19 heavy (non-hydrogen) atoms. The van der Waals surface area contributed by atoms with Gasteiger partial charge in [-0.2, -0.15) is 0 Å². The molecular weight excluding hydrogens is 280 g/mol. The highest BCUT2D eigenvalue weighted by molar-refractivity contribution is 7.11. The van der Waals surface area contributed by atoms with Crippen LogP contribution in [0.3, 0.4) is 0 Å². The first-order valence-electron chi connectivity index (χ1n) is 6.07. The van der Waals surface area contributed by atoms with Gasteiger partial charge in [0.15, 0.2) is 0 Å². The second-order valence-corrected chi connectivity index (χ2v) is 6.00. The SMILES string of the molecule is COCc1nc(Cc2cccc(Cl)c2)sc1C(C)N. The van der Waals surface area contributed by atoms with Crippen molar-refractivity contribution in [2.24, 2.45) is 5.73 Å². The van der Waals surface area contributed by atoms with Crippen LogP contribution in [0.1, 0.15) is 34.1 Å². The minimum absolute atomic E-state index is 0.0178. The highest BCUT2D eigenvalue weighted by Gasteiger charge is 2.14. The zero-order chi connectivity index (χ0) is 13.8. The lowest BCUT2D eigenvalue weighted by atomic mass is 10.2. The Hall–Kier alpha value is -0.940. The van der Waals surface area contributed by atoms with E-state index in [0.717, 1.165) is 32.6 Å². The van der Waals surface area contributed by atoms with E-state index >= 15 is 0 Å². The first-order chi connectivity index (χ1) is 9.10. The van der Waals surface area contributed by atoms with Crippen LogP contribution in [0.4, 0.5) is 0 Å². The summed E-state index contributed by atoms with van der Waals surface area (Å²) in [6.07, 6.45) is 0.772. The third-order valence-corrected chi connectivity index (χ3v) is 4.24. The zero-order valence-corrected chi connectivity index (χ0v) is 12.6. The summed E-state index contributed by atoms with van der Waals surface area (Å²) >= 11 is 7.64. The van der Waals surface area contributed by atoms with Crippen molar-refractivity contribution in [3.05, 3.63) is 50.4 Å². The summed E-state index contributed by atoms with van der Waals surface area (Å²) in [7, 11) is 1.67. The number of nitrogens with zero attached hydrogens (tertiary/aromatic N) is 1. The summed E-state index contributed by atoms with van der Waals surface area (Å²) in [6, 6.07) is 7.82. The highest BCUT2D eigenvalue weighted by atomic mass is 35.5. The van der Waals surface area contributed by atoms with Crippen molar-refractivity contribution in [3.63, 3.8) is 0 Å². The lowest BCUT2D eigenvalue weighted by Crippen LogP contribution is -2.06. The fraction of sp³-hybridized carbons (Fsp3) is 0.357. The zero-order valence-electron chi connectivity index (χ0n) is 11.0. The van der Waals surface area contributed by atoms with Crippen LogP contribution in [-0.4, -0.2) is 12.1 Å². The third-order valence-electron chi connectivity index (χ3n) is 2.71. The third kappa shape index (κ3) is 3.76. The van der Waals surface area contributed by atoms with Gasteiger partial charge >= 0.3 is 0 Å². The molecule has 0 spiro atoms. The molecule has 0 aliphatic heterocycles. The van der Waals surface area contributed by atoms with E-state index < -0.39 is 0 Å². The van der Waals surface area contributed by atoms with Gasteiger partial charge in [0.05, 0.1) is 17.3 Å². The summed E-state index contributed by atoms with van der Waals surface area (Å²) < 4.78 is 5.17. The molecule has 2 rings (SSSR count). The van der Waals surface area contributed by atoms with Gasteiger partial charge in [-0.3, -0.25) is 0 Å². The molecule has 1 atom stereocenters. The number of rotatable bonds is 5. The van der Waals surface area contributed by atoms with Crippen molar-refractivity contribution >= 4 is 22.9 Å². The van der Waals surface area contributed by atoms with Gasteiger partial charge in [0, 0.05) is 29.5 Å². The minimum Gasteiger partial charge on any atom is -0.378 e. The van der Waals surface area contributed by atoms with E-state index in [0.29, 0.717) is 6.61 Å². The molecule has 1 heterocycles. The normalized spacial score (nSPS) is 12.6. The smallest absolute Gasteiger partial charge is 0.0976 e. The summed E-state index contributed by atoms with van der Waals surface area (Å²) in [5.41, 5.74) is 8.07. The molecule has 0 amide bonds. The number of hydrogen-bond donors (Lipinski definition) is 1. The molecule has 0 aliphatic carbocycles. The molecule has 0 bridgehead atoms. The molecule has 1 aromatic carbocycles. The molecule has 0 fully saturated rings. The summed E-state index contributed by atoms with van der Waals surface area (Å²) in [5, 5.41) is 1.79. The van der Waals surface area contributed by atoms with Crippen molar-refractivity contribution in [3.8, 4) is 0 Å². The lowest BCUT2D eigenvalue weighted by Gasteiger charge is -2.03. The van der Waals surface area contributed by atoms with Crippen LogP contribution >= 0.6 is 22.9 Å². The maximum Gasteiger partial charge on any atom is 0.0976 e. The van der Waals surface area contributed by atoms with E-state index in [1.807, 2.05) is 25.1 Å². The van der Waals surface area contributed by atoms with Gasteiger partial charge in [0.1, 0.15) is 0 Å². The molecular formula is C14H17ClN2OS. The number of methoxy groups -OCH3 is 1. The van der Waals surface area contributed by atoms with E-state index in [9.17, 15) is 0 Å². The first kappa shape index (κ1) is 14.5. The molecule has 2 N–H and O–H groups in total. The van der Waals surface area contributed by atoms with Gasteiger partial charge in [-0.15, -0.1) is 11.3 Å². The molecule has 0 saturated heterocycles. The van der Waals surface area contributed by atoms with Crippen molar-refractivity contribution < 1.29 is 4.74 Å². The van der Waals surface area contributed by atoms with E-state index in [2.05, 4.69) is 11.1 Å². The van der Waals surface area contributed by atoms with Crippen LogP contribution in [0, 0.1) is 0 Å². The number of hydrogen-bond acceptors (Lipinski definition) is 4. The van der Waals surface area contributed by atoms with Gasteiger partial charge in [0.25, 0.3) is 0 Å². The summed E-state index contributed by atoms with van der Waals surface area (Å²) in [4.78, 5) is 5.71. The molecule has 102 valence electrons. The van der Waals surface area contributed by atoms with Gasteiger partial charge in [0.2, 0.25) is 0 Å². The highest BCUT2D eigenvalue weighted by Crippen LogP contribution is 2.26.